The van der Waals surface area contributed by atoms with Crippen LogP contribution in [-0.2, 0) is 4.79 Å². The van der Waals surface area contributed by atoms with Crippen molar-refractivity contribution < 1.29 is 14.4 Å². The second-order valence-electron chi connectivity index (χ2n) is 9.07. The first-order chi connectivity index (χ1) is 16.2. The van der Waals surface area contributed by atoms with E-state index in [1.54, 1.807) is 24.3 Å². The molecule has 0 spiro atoms. The largest absolute Gasteiger partial charge is 0.304 e. The highest BCUT2D eigenvalue weighted by molar-refractivity contribution is 6.16. The van der Waals surface area contributed by atoms with Crippen LogP contribution in [0.1, 0.15) is 38.7 Å². The minimum atomic E-state index is -0.504. The molecule has 5 atom stereocenters. The summed E-state index contributed by atoms with van der Waals surface area (Å²) in [7, 11) is 0. The molecule has 4 heteroatoms. The van der Waals surface area contributed by atoms with Gasteiger partial charge in [0.2, 0.25) is 5.91 Å². The highest BCUT2D eigenvalue weighted by Gasteiger charge is 2.57. The number of fused-ring (bicyclic) bond motifs is 2. The Balaban J connectivity index is 1.44. The predicted molar refractivity (Wildman–Crippen MR) is 126 cm³/mol. The number of rotatable bonds is 3. The third-order valence-corrected chi connectivity index (χ3v) is 7.43. The number of carbonyl (C=O) groups excluding carboxylic acids is 3. The van der Waals surface area contributed by atoms with E-state index in [2.05, 4.69) is 0 Å². The second kappa shape index (κ2) is 7.66. The fraction of sp³-hybridized carbons (Fsp3) is 0.207. The molecule has 0 unspecified atom stereocenters. The molecule has 1 aliphatic heterocycles. The lowest BCUT2D eigenvalue weighted by Gasteiger charge is -2.52. The molecule has 2 aliphatic carbocycles. The van der Waals surface area contributed by atoms with Gasteiger partial charge in [-0.25, -0.2) is 0 Å². The maximum Gasteiger partial charge on any atom is 0.233 e. The zero-order chi connectivity index (χ0) is 22.5. The van der Waals surface area contributed by atoms with E-state index in [4.69, 9.17) is 0 Å². The molecule has 0 radical (unpaired) electrons. The Kier molecular flexibility index (Phi) is 4.61. The van der Waals surface area contributed by atoms with Crippen molar-refractivity contribution >= 4 is 23.2 Å². The number of benzene rings is 3. The molecule has 1 fully saturated rings. The van der Waals surface area contributed by atoms with Crippen molar-refractivity contribution in [3.63, 3.8) is 0 Å². The first kappa shape index (κ1) is 19.9. The highest BCUT2D eigenvalue weighted by atomic mass is 16.2. The zero-order valence-electron chi connectivity index (χ0n) is 18.0. The molecule has 0 N–H and O–H groups in total. The molecule has 0 bridgehead atoms. The fourth-order valence-corrected chi connectivity index (χ4v) is 5.95. The van der Waals surface area contributed by atoms with Crippen LogP contribution in [0, 0.1) is 23.7 Å². The topological polar surface area (TPSA) is 54.5 Å². The maximum atomic E-state index is 13.6. The van der Waals surface area contributed by atoms with Gasteiger partial charge < -0.3 is 4.90 Å². The fourth-order valence-electron chi connectivity index (χ4n) is 5.95. The van der Waals surface area contributed by atoms with Crippen LogP contribution in [0.5, 0.6) is 0 Å². The molecule has 3 aromatic carbocycles. The number of nitrogens with zero attached hydrogens (tertiary/aromatic N) is 1. The van der Waals surface area contributed by atoms with Crippen molar-refractivity contribution in [2.24, 2.45) is 23.7 Å². The molecule has 162 valence electrons. The smallest absolute Gasteiger partial charge is 0.233 e. The number of anilines is 1. The van der Waals surface area contributed by atoms with Crippen LogP contribution >= 0.6 is 0 Å². The number of hydrogen-bond acceptors (Lipinski definition) is 3. The monoisotopic (exact) mass is 433 g/mol. The van der Waals surface area contributed by atoms with Crippen LogP contribution in [0.15, 0.2) is 97.1 Å². The van der Waals surface area contributed by atoms with E-state index in [9.17, 15) is 14.4 Å². The lowest BCUT2D eigenvalue weighted by atomic mass is 9.59. The third kappa shape index (κ3) is 2.94. The van der Waals surface area contributed by atoms with Gasteiger partial charge in [-0.2, -0.15) is 0 Å². The molecular weight excluding hydrogens is 410 g/mol. The Hall–Kier alpha value is -3.79. The van der Waals surface area contributed by atoms with Crippen LogP contribution in [-0.4, -0.2) is 17.5 Å². The lowest BCUT2D eigenvalue weighted by molar-refractivity contribution is -0.133. The molecule has 1 amide bonds. The van der Waals surface area contributed by atoms with Gasteiger partial charge in [0, 0.05) is 34.6 Å². The highest BCUT2D eigenvalue weighted by Crippen LogP contribution is 2.53. The summed E-state index contributed by atoms with van der Waals surface area (Å²) in [6.45, 7) is 0. The van der Waals surface area contributed by atoms with Gasteiger partial charge in [-0.15, -0.1) is 0 Å². The predicted octanol–water partition coefficient (Wildman–Crippen LogP) is 5.28. The standard InChI is InChI=1S/C29H23NO3/c31-27-20-14-7-8-15-21(20)28(32)24-22(16-9-17-23(24)27)25-26(18-10-3-1-4-11-18)30(29(25)33)19-12-5-2-6-13-19/h1-16,22-26H,17H2/t22-,23+,24-,25-,26+/m0/s1. The summed E-state index contributed by atoms with van der Waals surface area (Å²) in [4.78, 5) is 42.4. The summed E-state index contributed by atoms with van der Waals surface area (Å²) in [5.41, 5.74) is 2.90. The van der Waals surface area contributed by atoms with Crippen molar-refractivity contribution in [2.45, 2.75) is 12.5 Å². The van der Waals surface area contributed by atoms with E-state index in [1.165, 1.54) is 0 Å². The Morgan fingerprint density at radius 2 is 1.27 bits per heavy atom. The number of para-hydroxylation sites is 1. The van der Waals surface area contributed by atoms with Gasteiger partial charge in [0.25, 0.3) is 0 Å². The molecule has 1 saturated heterocycles. The number of β-lactam (4-membered cyclic amide) rings is 1. The van der Waals surface area contributed by atoms with Gasteiger partial charge in [-0.05, 0) is 24.1 Å². The minimum absolute atomic E-state index is 0.00413. The second-order valence-corrected chi connectivity index (χ2v) is 9.07. The van der Waals surface area contributed by atoms with E-state index in [-0.39, 0.29) is 29.4 Å². The molecule has 33 heavy (non-hydrogen) atoms. The summed E-state index contributed by atoms with van der Waals surface area (Å²) in [6.07, 6.45) is 4.55. The van der Waals surface area contributed by atoms with Crippen LogP contribution < -0.4 is 4.90 Å². The molecule has 0 aromatic heterocycles. The van der Waals surface area contributed by atoms with Gasteiger partial charge in [0.1, 0.15) is 0 Å². The van der Waals surface area contributed by atoms with Crippen molar-refractivity contribution in [2.75, 3.05) is 4.90 Å². The van der Waals surface area contributed by atoms with Crippen molar-refractivity contribution in [1.82, 2.24) is 0 Å². The number of allylic oxidation sites excluding steroid dienone is 2. The SMILES string of the molecule is O=C1c2ccccc2C(=O)[C@@H]2CC=C[C@H]([C@@H]3C(=O)N(c4ccccc4)[C@@H]3c3ccccc3)[C@H]12. The normalized spacial score (nSPS) is 28.2. The number of carbonyl (C=O) groups is 3. The molecular formula is C29H23NO3. The van der Waals surface area contributed by atoms with E-state index < -0.39 is 17.8 Å². The van der Waals surface area contributed by atoms with Gasteiger partial charge in [0.05, 0.1) is 12.0 Å². The number of amides is 1. The number of ketones is 2. The Morgan fingerprint density at radius 3 is 1.97 bits per heavy atom. The Bertz CT molecular complexity index is 1280. The maximum absolute atomic E-state index is 13.6. The molecule has 6 rings (SSSR count). The molecule has 1 heterocycles. The van der Waals surface area contributed by atoms with Gasteiger partial charge in [-0.1, -0.05) is 84.9 Å². The van der Waals surface area contributed by atoms with E-state index in [1.807, 2.05) is 77.7 Å². The van der Waals surface area contributed by atoms with E-state index >= 15 is 0 Å². The van der Waals surface area contributed by atoms with Crippen molar-refractivity contribution in [1.29, 1.82) is 0 Å². The third-order valence-electron chi connectivity index (χ3n) is 7.43. The number of hydrogen-bond donors (Lipinski definition) is 0. The Morgan fingerprint density at radius 1 is 0.667 bits per heavy atom. The molecule has 3 aromatic rings. The van der Waals surface area contributed by atoms with E-state index in [0.29, 0.717) is 17.5 Å². The summed E-state index contributed by atoms with van der Waals surface area (Å²) in [5.74, 6) is -1.60. The summed E-state index contributed by atoms with van der Waals surface area (Å²) in [6, 6.07) is 26.6. The minimum Gasteiger partial charge on any atom is -0.304 e. The molecule has 3 aliphatic rings. The summed E-state index contributed by atoms with van der Waals surface area (Å²) in [5, 5.41) is 0. The van der Waals surface area contributed by atoms with Crippen LogP contribution in [0.2, 0.25) is 0 Å². The Labute approximate surface area is 192 Å². The average Bonchev–Trinajstić information content (AvgIpc) is 2.87. The zero-order valence-corrected chi connectivity index (χ0v) is 18.0. The number of Topliss-reactive ketones (excluding diaryl/α,β-unsaturated/α-hetero) is 2. The quantitative estimate of drug-likeness (QED) is 0.417. The van der Waals surface area contributed by atoms with Crippen LogP contribution in [0.3, 0.4) is 0 Å². The molecule has 0 saturated carbocycles. The summed E-state index contributed by atoms with van der Waals surface area (Å²) < 4.78 is 0. The van der Waals surface area contributed by atoms with Crippen molar-refractivity contribution in [3.8, 4) is 0 Å². The average molecular weight is 434 g/mol. The first-order valence-electron chi connectivity index (χ1n) is 11.4. The van der Waals surface area contributed by atoms with Gasteiger partial charge in [-0.3, -0.25) is 14.4 Å². The lowest BCUT2D eigenvalue weighted by Crippen LogP contribution is -2.60. The van der Waals surface area contributed by atoms with Crippen LogP contribution in [0.25, 0.3) is 0 Å². The van der Waals surface area contributed by atoms with E-state index in [0.717, 1.165) is 11.3 Å². The van der Waals surface area contributed by atoms with Crippen molar-refractivity contribution in [3.05, 3.63) is 114 Å². The van der Waals surface area contributed by atoms with Gasteiger partial charge >= 0.3 is 0 Å². The summed E-state index contributed by atoms with van der Waals surface area (Å²) >= 11 is 0. The first-order valence-corrected chi connectivity index (χ1v) is 11.4. The van der Waals surface area contributed by atoms with Gasteiger partial charge in [0.15, 0.2) is 11.6 Å². The van der Waals surface area contributed by atoms with Crippen LogP contribution in [0.4, 0.5) is 5.69 Å². The molecule has 4 nitrogen and oxygen atoms in total.